The van der Waals surface area contributed by atoms with Crippen LogP contribution in [0.4, 0.5) is 0 Å². The second-order valence-electron chi connectivity index (χ2n) is 6.79. The molecule has 7 heteroatoms. The molecule has 1 unspecified atom stereocenters. The quantitative estimate of drug-likeness (QED) is 0.726. The van der Waals surface area contributed by atoms with Crippen LogP contribution in [0.25, 0.3) is 16.9 Å². The number of hydrogen-bond donors (Lipinski definition) is 2. The van der Waals surface area contributed by atoms with E-state index in [1.54, 1.807) is 30.5 Å². The van der Waals surface area contributed by atoms with Gasteiger partial charge in [0.15, 0.2) is 5.82 Å². The summed E-state index contributed by atoms with van der Waals surface area (Å²) in [7, 11) is -0.524. The highest BCUT2D eigenvalue weighted by molar-refractivity contribution is 7.87. The van der Waals surface area contributed by atoms with Crippen LogP contribution in [0.3, 0.4) is 0 Å². The van der Waals surface area contributed by atoms with Gasteiger partial charge < -0.3 is 0 Å². The van der Waals surface area contributed by atoms with Crippen LogP contribution in [0.1, 0.15) is 29.7 Å². The average Bonchev–Trinajstić information content (AvgIpc) is 3.47. The molecule has 6 nitrogen and oxygen atoms in total. The minimum Gasteiger partial charge on any atom is -0.293 e. The summed E-state index contributed by atoms with van der Waals surface area (Å²) in [6.45, 7) is 3.82. The number of hydrogen-bond acceptors (Lipinski definition) is 4. The minimum atomic E-state index is -0.524. The maximum Gasteiger partial charge on any atom is 0.280 e. The van der Waals surface area contributed by atoms with E-state index < -0.39 is 10.7 Å². The summed E-state index contributed by atoms with van der Waals surface area (Å²) in [4.78, 5) is 18.4. The highest BCUT2D eigenvalue weighted by Gasteiger charge is 2.27. The largest absolute Gasteiger partial charge is 0.293 e. The summed E-state index contributed by atoms with van der Waals surface area (Å²) < 4.78 is 9.80. The zero-order valence-corrected chi connectivity index (χ0v) is 15.9. The van der Waals surface area contributed by atoms with E-state index in [9.17, 15) is 4.79 Å². The third kappa shape index (κ3) is 3.13. The highest BCUT2D eigenvalue weighted by Crippen LogP contribution is 2.32. The second-order valence-corrected chi connectivity index (χ2v) is 8.57. The van der Waals surface area contributed by atoms with Crippen LogP contribution in [-0.2, 0) is 10.7 Å². The standard InChI is InChI=1S/C20H19N5OS/c1-12-9-18(23-11-17(12)27(22)16-7-8-16)25-20(26)19(13(2)24-25)15-5-3-14(10-21)4-6-15/h3-6,9,11,16,22,24H,7-8H2,1-2H3. The Balaban J connectivity index is 1.75. The molecule has 0 bridgehead atoms. The SMILES string of the molecule is Cc1cc(-n2[nH]c(C)c(-c3ccc(C#N)cc3)c2=O)ncc1S(=N)C1CC1. The lowest BCUT2D eigenvalue weighted by Gasteiger charge is -2.09. The molecule has 0 spiro atoms. The van der Waals surface area contributed by atoms with Gasteiger partial charge in [0.25, 0.3) is 5.56 Å². The molecule has 4 rings (SSSR count). The van der Waals surface area contributed by atoms with Crippen molar-refractivity contribution in [3.8, 4) is 23.0 Å². The van der Waals surface area contributed by atoms with Gasteiger partial charge in [-0.05, 0) is 56.0 Å². The summed E-state index contributed by atoms with van der Waals surface area (Å²) in [6.07, 6.45) is 3.98. The minimum absolute atomic E-state index is 0.177. The molecule has 136 valence electrons. The molecular formula is C20H19N5OS. The summed E-state index contributed by atoms with van der Waals surface area (Å²) >= 11 is 0. The normalized spacial score (nSPS) is 14.7. The van der Waals surface area contributed by atoms with E-state index in [0.717, 1.165) is 34.6 Å². The first kappa shape index (κ1) is 17.4. The lowest BCUT2D eigenvalue weighted by atomic mass is 10.1. The Morgan fingerprint density at radius 3 is 2.59 bits per heavy atom. The third-order valence-electron chi connectivity index (χ3n) is 4.75. The van der Waals surface area contributed by atoms with Gasteiger partial charge in [0.2, 0.25) is 0 Å². The van der Waals surface area contributed by atoms with Gasteiger partial charge in [0.05, 0.1) is 17.2 Å². The summed E-state index contributed by atoms with van der Waals surface area (Å²) in [5.74, 6) is 0.525. The molecule has 1 aliphatic rings. The summed E-state index contributed by atoms with van der Waals surface area (Å²) in [5, 5.41) is 12.5. The van der Waals surface area contributed by atoms with Gasteiger partial charge in [0.1, 0.15) is 0 Å². The molecule has 1 aromatic carbocycles. The number of aryl methyl sites for hydroxylation is 2. The van der Waals surface area contributed by atoms with Gasteiger partial charge in [0, 0.05) is 22.0 Å². The molecule has 2 N–H and O–H groups in total. The van der Waals surface area contributed by atoms with Crippen LogP contribution in [0.2, 0.25) is 0 Å². The van der Waals surface area contributed by atoms with E-state index in [2.05, 4.69) is 16.2 Å². The number of nitrogens with zero attached hydrogens (tertiary/aromatic N) is 3. The third-order valence-corrected chi connectivity index (χ3v) is 6.79. The zero-order chi connectivity index (χ0) is 19.1. The Labute approximate surface area is 159 Å². The Kier molecular flexibility index (Phi) is 4.28. The van der Waals surface area contributed by atoms with Crippen molar-refractivity contribution in [2.45, 2.75) is 36.8 Å². The number of nitrogens with one attached hydrogen (secondary N) is 2. The van der Waals surface area contributed by atoms with Crippen LogP contribution < -0.4 is 5.56 Å². The van der Waals surface area contributed by atoms with Crippen molar-refractivity contribution >= 4 is 10.7 Å². The highest BCUT2D eigenvalue weighted by atomic mass is 32.2. The summed E-state index contributed by atoms with van der Waals surface area (Å²) in [5.41, 5.74) is 3.45. The van der Waals surface area contributed by atoms with Crippen LogP contribution in [0.5, 0.6) is 0 Å². The van der Waals surface area contributed by atoms with E-state index in [1.165, 1.54) is 4.68 Å². The van der Waals surface area contributed by atoms with Crippen molar-refractivity contribution in [3.63, 3.8) is 0 Å². The molecule has 0 aliphatic heterocycles. The van der Waals surface area contributed by atoms with E-state index in [1.807, 2.05) is 19.9 Å². The van der Waals surface area contributed by atoms with Crippen molar-refractivity contribution in [1.82, 2.24) is 14.8 Å². The van der Waals surface area contributed by atoms with Crippen LogP contribution in [0, 0.1) is 30.0 Å². The number of aromatic nitrogens is 3. The Bertz CT molecular complexity index is 1150. The predicted octanol–water partition coefficient (Wildman–Crippen LogP) is 3.62. The lowest BCUT2D eigenvalue weighted by Crippen LogP contribution is -2.17. The molecule has 1 fully saturated rings. The van der Waals surface area contributed by atoms with Crippen molar-refractivity contribution in [2.24, 2.45) is 0 Å². The zero-order valence-electron chi connectivity index (χ0n) is 15.1. The molecular weight excluding hydrogens is 358 g/mol. The van der Waals surface area contributed by atoms with Crippen LogP contribution in [-0.4, -0.2) is 20.0 Å². The summed E-state index contributed by atoms with van der Waals surface area (Å²) in [6, 6.07) is 10.9. The van der Waals surface area contributed by atoms with Crippen molar-refractivity contribution < 1.29 is 0 Å². The molecule has 2 aromatic heterocycles. The number of pyridine rings is 1. The number of benzene rings is 1. The Morgan fingerprint density at radius 2 is 2.00 bits per heavy atom. The molecule has 0 saturated heterocycles. The van der Waals surface area contributed by atoms with Gasteiger partial charge in [-0.25, -0.2) is 9.67 Å². The first-order valence-electron chi connectivity index (χ1n) is 8.73. The number of H-pyrrole nitrogens is 1. The fraction of sp³-hybridized carbons (Fsp3) is 0.250. The van der Waals surface area contributed by atoms with Crippen molar-refractivity contribution in [1.29, 1.82) is 10.0 Å². The van der Waals surface area contributed by atoms with Gasteiger partial charge in [-0.2, -0.15) is 5.26 Å². The molecule has 1 saturated carbocycles. The smallest absolute Gasteiger partial charge is 0.280 e. The fourth-order valence-electron chi connectivity index (χ4n) is 3.12. The predicted molar refractivity (Wildman–Crippen MR) is 105 cm³/mol. The number of nitriles is 1. The Morgan fingerprint density at radius 1 is 1.30 bits per heavy atom. The molecule has 0 amide bonds. The number of aromatic amines is 1. The first-order valence-corrected chi connectivity index (χ1v) is 10.0. The maximum atomic E-state index is 13.0. The second kappa shape index (κ2) is 6.63. The monoisotopic (exact) mass is 377 g/mol. The molecule has 27 heavy (non-hydrogen) atoms. The van der Waals surface area contributed by atoms with Crippen LogP contribution in [0.15, 0.2) is 46.2 Å². The van der Waals surface area contributed by atoms with Gasteiger partial charge in [-0.15, -0.1) is 0 Å². The maximum absolute atomic E-state index is 13.0. The average molecular weight is 377 g/mol. The van der Waals surface area contributed by atoms with Crippen molar-refractivity contribution in [3.05, 3.63) is 63.7 Å². The van der Waals surface area contributed by atoms with E-state index in [-0.39, 0.29) is 5.56 Å². The fourth-order valence-corrected chi connectivity index (χ4v) is 4.66. The Hall–Kier alpha value is -2.98. The van der Waals surface area contributed by atoms with E-state index in [4.69, 9.17) is 10.0 Å². The van der Waals surface area contributed by atoms with E-state index in [0.29, 0.717) is 22.2 Å². The molecule has 3 aromatic rings. The van der Waals surface area contributed by atoms with Gasteiger partial charge in [-0.3, -0.25) is 14.7 Å². The van der Waals surface area contributed by atoms with Gasteiger partial charge in [-0.1, -0.05) is 22.8 Å². The lowest BCUT2D eigenvalue weighted by molar-refractivity contribution is 0.801. The molecule has 1 atom stereocenters. The van der Waals surface area contributed by atoms with Crippen molar-refractivity contribution in [2.75, 3.05) is 0 Å². The van der Waals surface area contributed by atoms with Crippen LogP contribution >= 0.6 is 0 Å². The molecule has 1 aliphatic carbocycles. The molecule has 0 radical (unpaired) electrons. The van der Waals surface area contributed by atoms with E-state index >= 15 is 0 Å². The number of rotatable bonds is 4. The topological polar surface area (TPSA) is 98.3 Å². The first-order chi connectivity index (χ1) is 13.0. The van der Waals surface area contributed by atoms with Gasteiger partial charge >= 0.3 is 0 Å². The molecule has 2 heterocycles.